The van der Waals surface area contributed by atoms with E-state index < -0.39 is 23.0 Å². The van der Waals surface area contributed by atoms with E-state index in [-0.39, 0.29) is 30.9 Å². The van der Waals surface area contributed by atoms with Crippen molar-refractivity contribution in [2.75, 3.05) is 26.9 Å². The van der Waals surface area contributed by atoms with Crippen molar-refractivity contribution in [3.8, 4) is 5.75 Å². The topological polar surface area (TPSA) is 100 Å². The van der Waals surface area contributed by atoms with Crippen LogP contribution in [-0.4, -0.2) is 56.4 Å². The lowest BCUT2D eigenvalue weighted by Gasteiger charge is -2.34. The van der Waals surface area contributed by atoms with Gasteiger partial charge in [-0.05, 0) is 77.6 Å². The van der Waals surface area contributed by atoms with Gasteiger partial charge in [0.25, 0.3) is 0 Å². The Morgan fingerprint density at radius 1 is 1.05 bits per heavy atom. The maximum absolute atomic E-state index is 13.8. The zero-order valence-electron chi connectivity index (χ0n) is 23.5. The summed E-state index contributed by atoms with van der Waals surface area (Å²) in [6, 6.07) is 6.55. The van der Waals surface area contributed by atoms with Crippen LogP contribution >= 0.6 is 11.6 Å². The Morgan fingerprint density at radius 2 is 1.71 bits per heavy atom. The molecule has 1 fully saturated rings. The quantitative estimate of drug-likeness (QED) is 0.286. The summed E-state index contributed by atoms with van der Waals surface area (Å²) in [5, 5.41) is 3.72. The number of hydrogen-bond donors (Lipinski definition) is 1. The van der Waals surface area contributed by atoms with Crippen molar-refractivity contribution in [3.05, 3.63) is 29.3 Å². The zero-order valence-corrected chi connectivity index (χ0v) is 24.2. The molecule has 9 heteroatoms. The minimum atomic E-state index is -0.709. The fourth-order valence-corrected chi connectivity index (χ4v) is 4.96. The predicted octanol–water partition coefficient (Wildman–Crippen LogP) is 5.49. The number of esters is 2. The summed E-state index contributed by atoms with van der Waals surface area (Å²) in [5.74, 6) is -0.637. The highest BCUT2D eigenvalue weighted by Gasteiger charge is 2.45. The summed E-state index contributed by atoms with van der Waals surface area (Å²) in [6.45, 7) is 8.22. The average molecular weight is 554 g/mol. The van der Waals surface area contributed by atoms with Crippen LogP contribution in [0, 0.1) is 11.3 Å². The predicted molar refractivity (Wildman–Crippen MR) is 146 cm³/mol. The Balaban J connectivity index is 2.14. The largest absolute Gasteiger partial charge is 0.494 e. The second-order valence-electron chi connectivity index (χ2n) is 11.0. The number of carbonyl (C=O) groups is 3. The molecule has 0 radical (unpaired) electrons. The Labute approximate surface area is 232 Å². The minimum Gasteiger partial charge on any atom is -0.494 e. The van der Waals surface area contributed by atoms with E-state index in [1.807, 2.05) is 20.8 Å². The van der Waals surface area contributed by atoms with Gasteiger partial charge < -0.3 is 24.3 Å². The monoisotopic (exact) mass is 553 g/mol. The van der Waals surface area contributed by atoms with Crippen molar-refractivity contribution < 1.29 is 33.3 Å². The first-order valence-corrected chi connectivity index (χ1v) is 13.9. The summed E-state index contributed by atoms with van der Waals surface area (Å²) in [6.07, 6.45) is 4.48. The Morgan fingerprint density at radius 3 is 2.29 bits per heavy atom. The van der Waals surface area contributed by atoms with Crippen molar-refractivity contribution in [2.24, 2.45) is 11.3 Å². The number of methoxy groups -OCH3 is 1. The van der Waals surface area contributed by atoms with Crippen LogP contribution in [0.1, 0.15) is 79.1 Å². The van der Waals surface area contributed by atoms with E-state index >= 15 is 0 Å². The lowest BCUT2D eigenvalue weighted by Crippen LogP contribution is -2.47. The van der Waals surface area contributed by atoms with Crippen molar-refractivity contribution in [2.45, 2.75) is 90.7 Å². The molecule has 0 aliphatic heterocycles. The minimum absolute atomic E-state index is 0.0405. The van der Waals surface area contributed by atoms with Gasteiger partial charge >= 0.3 is 11.9 Å². The standard InChI is InChI=1S/C29H44ClNO7/c1-6-36-25(32)19-23(14-18-37-24-11-9-22(30)10-12-24)31-27(34)29(15-7-8-16-29)20-21(13-17-35-5)26(33)38-28(2,3)4/h9-12,21,23H,6-8,13-20H2,1-5H3,(H,31,34). The second kappa shape index (κ2) is 15.3. The fraction of sp³-hybridized carbons (Fsp3) is 0.690. The summed E-state index contributed by atoms with van der Waals surface area (Å²) < 4.78 is 21.9. The van der Waals surface area contributed by atoms with Gasteiger partial charge in [-0.2, -0.15) is 0 Å². The smallest absolute Gasteiger partial charge is 0.309 e. The molecule has 38 heavy (non-hydrogen) atoms. The third kappa shape index (κ3) is 10.8. The van der Waals surface area contributed by atoms with E-state index in [1.54, 1.807) is 38.3 Å². The van der Waals surface area contributed by atoms with Gasteiger partial charge in [0.15, 0.2) is 0 Å². The molecule has 2 unspecified atom stereocenters. The lowest BCUT2D eigenvalue weighted by molar-refractivity contribution is -0.162. The number of carbonyl (C=O) groups excluding carboxylic acids is 3. The maximum atomic E-state index is 13.8. The van der Waals surface area contributed by atoms with Crippen LogP contribution < -0.4 is 10.1 Å². The van der Waals surface area contributed by atoms with Gasteiger partial charge in [-0.3, -0.25) is 14.4 Å². The number of ether oxygens (including phenoxy) is 4. The number of amides is 1. The van der Waals surface area contributed by atoms with E-state index in [4.69, 9.17) is 30.5 Å². The van der Waals surface area contributed by atoms with Gasteiger partial charge in [0.1, 0.15) is 11.4 Å². The Kier molecular flexibility index (Phi) is 12.9. The normalized spacial score (nSPS) is 16.4. The highest BCUT2D eigenvalue weighted by Crippen LogP contribution is 2.44. The molecule has 1 saturated carbocycles. The van der Waals surface area contributed by atoms with E-state index in [0.717, 1.165) is 12.8 Å². The number of halogens is 1. The molecule has 1 aromatic carbocycles. The molecule has 2 atom stereocenters. The maximum Gasteiger partial charge on any atom is 0.309 e. The number of hydrogen-bond acceptors (Lipinski definition) is 7. The Hall–Kier alpha value is -2.32. The molecule has 1 aliphatic rings. The van der Waals surface area contributed by atoms with Gasteiger partial charge in [0, 0.05) is 31.2 Å². The van der Waals surface area contributed by atoms with Crippen molar-refractivity contribution >= 4 is 29.4 Å². The van der Waals surface area contributed by atoms with Crippen molar-refractivity contribution in [1.82, 2.24) is 5.32 Å². The first-order chi connectivity index (χ1) is 18.0. The molecule has 8 nitrogen and oxygen atoms in total. The van der Waals surface area contributed by atoms with Crippen LogP contribution in [-0.2, 0) is 28.6 Å². The SMILES string of the molecule is CCOC(=O)CC(CCOc1ccc(Cl)cc1)NC(=O)C1(CC(CCOC)C(=O)OC(C)(C)C)CCCC1. The third-order valence-electron chi connectivity index (χ3n) is 6.69. The van der Waals surface area contributed by atoms with E-state index in [2.05, 4.69) is 5.32 Å². The van der Waals surface area contributed by atoms with Gasteiger partial charge in [0.05, 0.1) is 31.0 Å². The molecule has 2 rings (SSSR count). The molecular weight excluding hydrogens is 510 g/mol. The zero-order chi connectivity index (χ0) is 28.2. The number of rotatable bonds is 15. The number of nitrogens with one attached hydrogen (secondary N) is 1. The van der Waals surface area contributed by atoms with Gasteiger partial charge in [-0.1, -0.05) is 24.4 Å². The second-order valence-corrected chi connectivity index (χ2v) is 11.4. The van der Waals surface area contributed by atoms with Gasteiger partial charge in [-0.25, -0.2) is 0 Å². The van der Waals surface area contributed by atoms with Crippen molar-refractivity contribution in [3.63, 3.8) is 0 Å². The summed E-state index contributed by atoms with van der Waals surface area (Å²) in [4.78, 5) is 39.2. The van der Waals surface area contributed by atoms with Gasteiger partial charge in [0.2, 0.25) is 5.91 Å². The van der Waals surface area contributed by atoms with Crippen molar-refractivity contribution in [1.29, 1.82) is 0 Å². The van der Waals surface area contributed by atoms with Crippen LogP contribution in [0.3, 0.4) is 0 Å². The van der Waals surface area contributed by atoms with Crippen LogP contribution in [0.25, 0.3) is 0 Å². The molecular formula is C29H44ClNO7. The molecule has 1 aliphatic carbocycles. The van der Waals surface area contributed by atoms with E-state index in [1.165, 1.54) is 0 Å². The Bertz CT molecular complexity index is 891. The average Bonchev–Trinajstić information content (AvgIpc) is 3.32. The first-order valence-electron chi connectivity index (χ1n) is 13.5. The summed E-state index contributed by atoms with van der Waals surface area (Å²) in [5.41, 5.74) is -1.33. The van der Waals surface area contributed by atoms with Crippen LogP contribution in [0.4, 0.5) is 0 Å². The van der Waals surface area contributed by atoms with Crippen LogP contribution in [0.15, 0.2) is 24.3 Å². The van der Waals surface area contributed by atoms with E-state index in [0.29, 0.717) is 56.1 Å². The summed E-state index contributed by atoms with van der Waals surface area (Å²) in [7, 11) is 1.59. The molecule has 1 N–H and O–H groups in total. The highest BCUT2D eigenvalue weighted by molar-refractivity contribution is 6.30. The third-order valence-corrected chi connectivity index (χ3v) is 6.94. The molecule has 214 valence electrons. The van der Waals surface area contributed by atoms with E-state index in [9.17, 15) is 14.4 Å². The van der Waals surface area contributed by atoms with Gasteiger partial charge in [-0.15, -0.1) is 0 Å². The van der Waals surface area contributed by atoms with Crippen LogP contribution in [0.5, 0.6) is 5.75 Å². The molecule has 0 aromatic heterocycles. The molecule has 1 amide bonds. The first kappa shape index (κ1) is 31.9. The molecule has 1 aromatic rings. The molecule has 0 spiro atoms. The fourth-order valence-electron chi connectivity index (χ4n) is 4.83. The molecule has 0 heterocycles. The number of benzene rings is 1. The van der Waals surface area contributed by atoms with Crippen LogP contribution in [0.2, 0.25) is 5.02 Å². The molecule has 0 saturated heterocycles. The molecule has 0 bridgehead atoms. The lowest BCUT2D eigenvalue weighted by atomic mass is 9.75. The summed E-state index contributed by atoms with van der Waals surface area (Å²) >= 11 is 5.94. The highest BCUT2D eigenvalue weighted by atomic mass is 35.5.